The lowest BCUT2D eigenvalue weighted by atomic mass is 9.96. The summed E-state index contributed by atoms with van der Waals surface area (Å²) in [7, 11) is 2.12. The zero-order valence-electron chi connectivity index (χ0n) is 11.9. The molecule has 1 heterocycles. The zero-order valence-corrected chi connectivity index (χ0v) is 14.3. The number of hydrogen-bond acceptors (Lipinski definition) is 2. The van der Waals surface area contributed by atoms with Gasteiger partial charge in [0.1, 0.15) is 0 Å². The molecule has 1 aliphatic rings. The molecule has 1 fully saturated rings. The third-order valence-corrected chi connectivity index (χ3v) is 3.22. The summed E-state index contributed by atoms with van der Waals surface area (Å²) in [4.78, 5) is 6.72. The Morgan fingerprint density at radius 1 is 1.33 bits per heavy atom. The van der Waals surface area contributed by atoms with Gasteiger partial charge in [-0.1, -0.05) is 0 Å². The first-order valence-corrected chi connectivity index (χ1v) is 6.85. The van der Waals surface area contributed by atoms with E-state index >= 15 is 0 Å². The van der Waals surface area contributed by atoms with Crippen molar-refractivity contribution in [3.63, 3.8) is 0 Å². The first kappa shape index (κ1) is 18.0. The van der Waals surface area contributed by atoms with E-state index in [-0.39, 0.29) is 24.0 Å². The summed E-state index contributed by atoms with van der Waals surface area (Å²) in [5, 5.41) is 3.32. The minimum Gasteiger partial charge on any atom is -0.381 e. The number of guanidine groups is 1. The predicted molar refractivity (Wildman–Crippen MR) is 87.9 cm³/mol. The Balaban J connectivity index is 0.00000289. The maximum absolute atomic E-state index is 5.38. The molecule has 0 aromatic carbocycles. The maximum Gasteiger partial charge on any atom is 0.193 e. The molecule has 108 valence electrons. The normalized spacial score (nSPS) is 17.2. The van der Waals surface area contributed by atoms with Gasteiger partial charge < -0.3 is 15.0 Å². The van der Waals surface area contributed by atoms with Gasteiger partial charge in [-0.25, -0.2) is 0 Å². The second-order valence-corrected chi connectivity index (χ2v) is 4.59. The van der Waals surface area contributed by atoms with Crippen molar-refractivity contribution in [1.82, 2.24) is 10.2 Å². The largest absolute Gasteiger partial charge is 0.381 e. The molecule has 5 heteroatoms. The SMILES string of the molecule is CCN=C(NCC)N(C)CCC1CCOCC1.I. The molecule has 1 N–H and O–H groups in total. The smallest absolute Gasteiger partial charge is 0.193 e. The van der Waals surface area contributed by atoms with Gasteiger partial charge >= 0.3 is 0 Å². The Morgan fingerprint density at radius 2 is 2.00 bits per heavy atom. The van der Waals surface area contributed by atoms with Crippen molar-refractivity contribution in [3.05, 3.63) is 0 Å². The van der Waals surface area contributed by atoms with Gasteiger partial charge in [0, 0.05) is 39.9 Å². The highest BCUT2D eigenvalue weighted by Gasteiger charge is 2.15. The first-order chi connectivity index (χ1) is 8.27. The quantitative estimate of drug-likeness (QED) is 0.459. The number of hydrogen-bond donors (Lipinski definition) is 1. The summed E-state index contributed by atoms with van der Waals surface area (Å²) in [6.07, 6.45) is 3.68. The molecule has 1 saturated heterocycles. The molecule has 0 aromatic rings. The Hall–Kier alpha value is -0.0400. The van der Waals surface area contributed by atoms with Crippen LogP contribution in [-0.4, -0.2) is 50.8 Å². The van der Waals surface area contributed by atoms with Crippen LogP contribution in [0.4, 0.5) is 0 Å². The molecule has 0 unspecified atom stereocenters. The first-order valence-electron chi connectivity index (χ1n) is 6.85. The highest BCUT2D eigenvalue weighted by molar-refractivity contribution is 14.0. The van der Waals surface area contributed by atoms with Crippen LogP contribution in [0.3, 0.4) is 0 Å². The molecular weight excluding hydrogens is 341 g/mol. The van der Waals surface area contributed by atoms with Crippen molar-refractivity contribution in [2.24, 2.45) is 10.9 Å². The van der Waals surface area contributed by atoms with Gasteiger partial charge in [-0.3, -0.25) is 4.99 Å². The lowest BCUT2D eigenvalue weighted by molar-refractivity contribution is 0.0625. The molecule has 4 nitrogen and oxygen atoms in total. The monoisotopic (exact) mass is 369 g/mol. The second-order valence-electron chi connectivity index (χ2n) is 4.59. The van der Waals surface area contributed by atoms with E-state index in [4.69, 9.17) is 4.74 Å². The number of rotatable bonds is 5. The summed E-state index contributed by atoms with van der Waals surface area (Å²) in [5.74, 6) is 1.86. The number of halogens is 1. The van der Waals surface area contributed by atoms with Crippen LogP contribution in [0.5, 0.6) is 0 Å². The van der Waals surface area contributed by atoms with E-state index in [1.807, 2.05) is 0 Å². The summed E-state index contributed by atoms with van der Waals surface area (Å²) < 4.78 is 5.38. The summed E-state index contributed by atoms with van der Waals surface area (Å²) in [6.45, 7) is 8.91. The van der Waals surface area contributed by atoms with Crippen molar-refractivity contribution in [2.45, 2.75) is 33.1 Å². The van der Waals surface area contributed by atoms with Crippen molar-refractivity contribution < 1.29 is 4.74 Å². The van der Waals surface area contributed by atoms with Crippen LogP contribution < -0.4 is 5.32 Å². The van der Waals surface area contributed by atoms with Crippen LogP contribution in [0, 0.1) is 5.92 Å². The number of aliphatic imine (C=N–C) groups is 1. The van der Waals surface area contributed by atoms with Gasteiger partial charge in [-0.2, -0.15) is 0 Å². The third-order valence-electron chi connectivity index (χ3n) is 3.22. The predicted octanol–water partition coefficient (Wildman–Crippen LogP) is 2.34. The van der Waals surface area contributed by atoms with E-state index < -0.39 is 0 Å². The Morgan fingerprint density at radius 3 is 2.56 bits per heavy atom. The minimum atomic E-state index is 0. The molecule has 0 spiro atoms. The summed E-state index contributed by atoms with van der Waals surface area (Å²) >= 11 is 0. The average Bonchev–Trinajstić information content (AvgIpc) is 2.37. The standard InChI is InChI=1S/C13H27N3O.HI/c1-4-14-13(15-5-2)16(3)9-6-12-7-10-17-11-8-12;/h12H,4-11H2,1-3H3,(H,14,15);1H. The van der Waals surface area contributed by atoms with Crippen molar-refractivity contribution in [1.29, 1.82) is 0 Å². The van der Waals surface area contributed by atoms with Gasteiger partial charge in [0.2, 0.25) is 0 Å². The van der Waals surface area contributed by atoms with E-state index in [0.29, 0.717) is 0 Å². The van der Waals surface area contributed by atoms with E-state index in [1.165, 1.54) is 19.3 Å². The summed E-state index contributed by atoms with van der Waals surface area (Å²) in [5.41, 5.74) is 0. The van der Waals surface area contributed by atoms with Crippen LogP contribution in [-0.2, 0) is 4.74 Å². The Labute approximate surface area is 129 Å². The van der Waals surface area contributed by atoms with Crippen molar-refractivity contribution >= 4 is 29.9 Å². The fourth-order valence-corrected chi connectivity index (χ4v) is 2.14. The van der Waals surface area contributed by atoms with Crippen LogP contribution >= 0.6 is 24.0 Å². The topological polar surface area (TPSA) is 36.9 Å². The lowest BCUT2D eigenvalue weighted by Crippen LogP contribution is -2.40. The van der Waals surface area contributed by atoms with Crippen LogP contribution in [0.25, 0.3) is 0 Å². The van der Waals surface area contributed by atoms with Gasteiger partial charge in [-0.05, 0) is 39.0 Å². The highest BCUT2D eigenvalue weighted by atomic mass is 127. The van der Waals surface area contributed by atoms with Crippen molar-refractivity contribution in [3.8, 4) is 0 Å². The average molecular weight is 369 g/mol. The molecule has 0 amide bonds. The van der Waals surface area contributed by atoms with Crippen LogP contribution in [0.2, 0.25) is 0 Å². The Bertz CT molecular complexity index is 230. The van der Waals surface area contributed by atoms with E-state index in [9.17, 15) is 0 Å². The molecule has 0 bridgehead atoms. The lowest BCUT2D eigenvalue weighted by Gasteiger charge is -2.26. The molecule has 0 atom stereocenters. The Kier molecular flexibility index (Phi) is 10.8. The van der Waals surface area contributed by atoms with E-state index in [0.717, 1.165) is 44.7 Å². The molecule has 0 aromatic heterocycles. The maximum atomic E-state index is 5.38. The number of ether oxygens (including phenoxy) is 1. The zero-order chi connectivity index (χ0) is 12.5. The van der Waals surface area contributed by atoms with Gasteiger partial charge in [0.05, 0.1) is 0 Å². The molecular formula is C13H28IN3O. The van der Waals surface area contributed by atoms with Gasteiger partial charge in [-0.15, -0.1) is 24.0 Å². The van der Waals surface area contributed by atoms with Crippen molar-refractivity contribution in [2.75, 3.05) is 39.9 Å². The molecule has 0 radical (unpaired) electrons. The third kappa shape index (κ3) is 6.78. The number of nitrogens with one attached hydrogen (secondary N) is 1. The number of nitrogens with zero attached hydrogens (tertiary/aromatic N) is 2. The molecule has 1 aliphatic heterocycles. The van der Waals surface area contributed by atoms with Crippen LogP contribution in [0.15, 0.2) is 4.99 Å². The van der Waals surface area contributed by atoms with Gasteiger partial charge in [0.25, 0.3) is 0 Å². The summed E-state index contributed by atoms with van der Waals surface area (Å²) in [6, 6.07) is 0. The minimum absolute atomic E-state index is 0. The van der Waals surface area contributed by atoms with Crippen LogP contribution in [0.1, 0.15) is 33.1 Å². The van der Waals surface area contributed by atoms with E-state index in [1.54, 1.807) is 0 Å². The fourth-order valence-electron chi connectivity index (χ4n) is 2.14. The molecule has 18 heavy (non-hydrogen) atoms. The second kappa shape index (κ2) is 10.8. The molecule has 0 saturated carbocycles. The molecule has 0 aliphatic carbocycles. The fraction of sp³-hybridized carbons (Fsp3) is 0.923. The van der Waals surface area contributed by atoms with E-state index in [2.05, 4.69) is 36.1 Å². The van der Waals surface area contributed by atoms with Gasteiger partial charge in [0.15, 0.2) is 5.96 Å². The highest BCUT2D eigenvalue weighted by Crippen LogP contribution is 2.18. The molecule has 1 rings (SSSR count).